The topological polar surface area (TPSA) is 32.3 Å². The zero-order valence-corrected chi connectivity index (χ0v) is 11.8. The van der Waals surface area contributed by atoms with E-state index in [0.717, 1.165) is 25.9 Å². The molecular formula is C13H16Cl2N2O. The molecule has 0 atom stereocenters. The third-order valence-electron chi connectivity index (χ3n) is 3.28. The van der Waals surface area contributed by atoms with Gasteiger partial charge in [0.05, 0.1) is 10.7 Å². The molecule has 0 unspecified atom stereocenters. The van der Waals surface area contributed by atoms with E-state index >= 15 is 0 Å². The first-order chi connectivity index (χ1) is 8.56. The Morgan fingerprint density at radius 2 is 2.00 bits per heavy atom. The number of likely N-dealkylation sites (tertiary alicyclic amines) is 1. The Morgan fingerprint density at radius 3 is 2.61 bits per heavy atom. The van der Waals surface area contributed by atoms with Gasteiger partial charge in [0.15, 0.2) is 0 Å². The maximum atomic E-state index is 12.1. The summed E-state index contributed by atoms with van der Waals surface area (Å²) in [6, 6.07) is 5.09. The van der Waals surface area contributed by atoms with E-state index < -0.39 is 0 Å². The molecule has 1 heterocycles. The molecule has 0 spiro atoms. The van der Waals surface area contributed by atoms with Gasteiger partial charge >= 0.3 is 0 Å². The van der Waals surface area contributed by atoms with Crippen LogP contribution >= 0.6 is 23.2 Å². The van der Waals surface area contributed by atoms with Gasteiger partial charge in [0, 0.05) is 10.9 Å². The van der Waals surface area contributed by atoms with E-state index in [1.807, 2.05) is 0 Å². The molecule has 1 saturated heterocycles. The molecule has 0 aromatic heterocycles. The number of piperidine rings is 1. The van der Waals surface area contributed by atoms with Crippen LogP contribution in [0.4, 0.5) is 5.69 Å². The maximum Gasteiger partial charge on any atom is 0.227 e. The Morgan fingerprint density at radius 1 is 1.33 bits per heavy atom. The number of carbonyl (C=O) groups is 1. The second-order valence-corrected chi connectivity index (χ2v) is 5.53. The normalized spacial score (nSPS) is 17.7. The summed E-state index contributed by atoms with van der Waals surface area (Å²) in [5, 5.41) is 3.92. The van der Waals surface area contributed by atoms with Crippen LogP contribution in [-0.4, -0.2) is 30.9 Å². The van der Waals surface area contributed by atoms with Crippen molar-refractivity contribution < 1.29 is 4.79 Å². The van der Waals surface area contributed by atoms with Gasteiger partial charge < -0.3 is 10.2 Å². The number of nitrogens with zero attached hydrogens (tertiary/aromatic N) is 1. The average Bonchev–Trinajstić information content (AvgIpc) is 2.33. The minimum Gasteiger partial charge on any atom is -0.325 e. The number of amides is 1. The summed E-state index contributed by atoms with van der Waals surface area (Å²) >= 11 is 11.8. The SMILES string of the molecule is CN1CCC(C(=O)Nc2ccc(Cl)cc2Cl)CC1. The van der Waals surface area contributed by atoms with Crippen LogP contribution in [0.15, 0.2) is 18.2 Å². The summed E-state index contributed by atoms with van der Waals surface area (Å²) < 4.78 is 0. The molecule has 98 valence electrons. The van der Waals surface area contributed by atoms with E-state index in [1.54, 1.807) is 18.2 Å². The Kier molecular flexibility index (Phi) is 4.49. The monoisotopic (exact) mass is 286 g/mol. The highest BCUT2D eigenvalue weighted by atomic mass is 35.5. The average molecular weight is 287 g/mol. The lowest BCUT2D eigenvalue weighted by Crippen LogP contribution is -2.35. The van der Waals surface area contributed by atoms with E-state index in [0.29, 0.717) is 15.7 Å². The second kappa shape index (κ2) is 5.91. The smallest absolute Gasteiger partial charge is 0.227 e. The molecule has 0 saturated carbocycles. The summed E-state index contributed by atoms with van der Waals surface area (Å²) in [6.45, 7) is 1.93. The zero-order valence-electron chi connectivity index (χ0n) is 10.2. The number of hydrogen-bond donors (Lipinski definition) is 1. The van der Waals surface area contributed by atoms with E-state index in [1.165, 1.54) is 0 Å². The fraction of sp³-hybridized carbons (Fsp3) is 0.462. The van der Waals surface area contributed by atoms with Crippen molar-refractivity contribution in [2.75, 3.05) is 25.5 Å². The van der Waals surface area contributed by atoms with Crippen LogP contribution < -0.4 is 5.32 Å². The Balaban J connectivity index is 1.98. The van der Waals surface area contributed by atoms with Crippen LogP contribution in [-0.2, 0) is 4.79 Å². The Labute approximate surface area is 117 Å². The lowest BCUT2D eigenvalue weighted by Gasteiger charge is -2.28. The molecule has 0 bridgehead atoms. The highest BCUT2D eigenvalue weighted by molar-refractivity contribution is 6.36. The second-order valence-electron chi connectivity index (χ2n) is 4.69. The maximum absolute atomic E-state index is 12.1. The first-order valence-corrected chi connectivity index (χ1v) is 6.76. The molecule has 1 aromatic carbocycles. The highest BCUT2D eigenvalue weighted by Gasteiger charge is 2.23. The zero-order chi connectivity index (χ0) is 13.1. The summed E-state index contributed by atoms with van der Waals surface area (Å²) in [7, 11) is 2.07. The predicted molar refractivity (Wildman–Crippen MR) is 75.3 cm³/mol. The number of halogens is 2. The summed E-state index contributed by atoms with van der Waals surface area (Å²) in [5.74, 6) is 0.125. The van der Waals surface area contributed by atoms with Crippen LogP contribution in [0, 0.1) is 5.92 Å². The molecule has 1 amide bonds. The summed E-state index contributed by atoms with van der Waals surface area (Å²) in [6.07, 6.45) is 1.79. The summed E-state index contributed by atoms with van der Waals surface area (Å²) in [4.78, 5) is 14.3. The fourth-order valence-corrected chi connectivity index (χ4v) is 2.55. The van der Waals surface area contributed by atoms with Gasteiger partial charge in [0.1, 0.15) is 0 Å². The van der Waals surface area contributed by atoms with Crippen molar-refractivity contribution in [3.05, 3.63) is 28.2 Å². The van der Waals surface area contributed by atoms with Crippen molar-refractivity contribution in [1.29, 1.82) is 0 Å². The van der Waals surface area contributed by atoms with Gasteiger partial charge in [-0.05, 0) is 51.2 Å². The molecule has 5 heteroatoms. The molecular weight excluding hydrogens is 271 g/mol. The van der Waals surface area contributed by atoms with Gasteiger partial charge in [0.2, 0.25) is 5.91 Å². The van der Waals surface area contributed by atoms with E-state index in [4.69, 9.17) is 23.2 Å². The molecule has 1 aliphatic rings. The van der Waals surface area contributed by atoms with Gasteiger partial charge in [-0.25, -0.2) is 0 Å². The van der Waals surface area contributed by atoms with E-state index in [-0.39, 0.29) is 11.8 Å². The predicted octanol–water partition coefficient (Wildman–Crippen LogP) is 3.27. The molecule has 1 fully saturated rings. The molecule has 1 aromatic rings. The lowest BCUT2D eigenvalue weighted by atomic mass is 9.96. The fourth-order valence-electron chi connectivity index (χ4n) is 2.10. The Bertz CT molecular complexity index is 443. The number of hydrogen-bond acceptors (Lipinski definition) is 2. The third-order valence-corrected chi connectivity index (χ3v) is 3.83. The quantitative estimate of drug-likeness (QED) is 0.905. The van der Waals surface area contributed by atoms with Gasteiger partial charge in [0.25, 0.3) is 0 Å². The molecule has 2 rings (SSSR count). The van der Waals surface area contributed by atoms with Gasteiger partial charge in [-0.2, -0.15) is 0 Å². The van der Waals surface area contributed by atoms with Crippen LogP contribution in [0.5, 0.6) is 0 Å². The number of nitrogens with one attached hydrogen (secondary N) is 1. The molecule has 18 heavy (non-hydrogen) atoms. The first kappa shape index (κ1) is 13.7. The highest BCUT2D eigenvalue weighted by Crippen LogP contribution is 2.26. The molecule has 0 aliphatic carbocycles. The number of carbonyl (C=O) groups excluding carboxylic acids is 1. The minimum atomic E-state index is 0.0484. The number of anilines is 1. The van der Waals surface area contributed by atoms with Gasteiger partial charge in [-0.15, -0.1) is 0 Å². The van der Waals surface area contributed by atoms with Crippen LogP contribution in [0.2, 0.25) is 10.0 Å². The van der Waals surface area contributed by atoms with E-state index in [2.05, 4.69) is 17.3 Å². The third kappa shape index (κ3) is 3.37. The Hall–Kier alpha value is -0.770. The number of rotatable bonds is 2. The molecule has 1 N–H and O–H groups in total. The van der Waals surface area contributed by atoms with Gasteiger partial charge in [-0.1, -0.05) is 23.2 Å². The van der Waals surface area contributed by atoms with Crippen molar-refractivity contribution in [1.82, 2.24) is 4.90 Å². The minimum absolute atomic E-state index is 0.0484. The van der Waals surface area contributed by atoms with Crippen LogP contribution in [0.25, 0.3) is 0 Å². The molecule has 1 aliphatic heterocycles. The van der Waals surface area contributed by atoms with Crippen molar-refractivity contribution in [3.63, 3.8) is 0 Å². The largest absolute Gasteiger partial charge is 0.325 e. The van der Waals surface area contributed by atoms with Crippen molar-refractivity contribution in [2.24, 2.45) is 5.92 Å². The van der Waals surface area contributed by atoms with Crippen molar-refractivity contribution in [3.8, 4) is 0 Å². The van der Waals surface area contributed by atoms with Crippen molar-refractivity contribution in [2.45, 2.75) is 12.8 Å². The van der Waals surface area contributed by atoms with E-state index in [9.17, 15) is 4.79 Å². The van der Waals surface area contributed by atoms with Crippen molar-refractivity contribution >= 4 is 34.8 Å². The van der Waals surface area contributed by atoms with Crippen LogP contribution in [0.3, 0.4) is 0 Å². The van der Waals surface area contributed by atoms with Gasteiger partial charge in [-0.3, -0.25) is 4.79 Å². The van der Waals surface area contributed by atoms with Crippen LogP contribution in [0.1, 0.15) is 12.8 Å². The lowest BCUT2D eigenvalue weighted by molar-refractivity contribution is -0.121. The molecule has 0 radical (unpaired) electrons. The standard InChI is InChI=1S/C13H16Cl2N2O/c1-17-6-4-9(5-7-17)13(18)16-12-3-2-10(14)8-11(12)15/h2-3,8-9H,4-7H2,1H3,(H,16,18). The molecule has 3 nitrogen and oxygen atoms in total. The first-order valence-electron chi connectivity index (χ1n) is 6.00. The number of benzene rings is 1. The summed E-state index contributed by atoms with van der Waals surface area (Å²) in [5.41, 5.74) is 0.630.